The first-order chi connectivity index (χ1) is 17.9. The highest BCUT2D eigenvalue weighted by atomic mass is 35.5. The summed E-state index contributed by atoms with van der Waals surface area (Å²) < 4.78 is 0. The Kier molecular flexibility index (Phi) is 15.5. The number of nitrogens with one attached hydrogen (secondary N) is 1. The van der Waals surface area contributed by atoms with Gasteiger partial charge in [-0.3, -0.25) is 14.5 Å². The van der Waals surface area contributed by atoms with E-state index in [2.05, 4.69) is 52.5 Å². The first kappa shape index (κ1) is 31.3. The molecule has 8 heteroatoms. The summed E-state index contributed by atoms with van der Waals surface area (Å²) in [5, 5.41) is 3.65. The molecule has 2 unspecified atom stereocenters. The lowest BCUT2D eigenvalue weighted by molar-refractivity contribution is -0.109. The number of piperidine rings is 1. The van der Waals surface area contributed by atoms with E-state index in [1.807, 2.05) is 0 Å². The maximum absolute atomic E-state index is 10.4. The summed E-state index contributed by atoms with van der Waals surface area (Å²) in [6.07, 6.45) is 10.1. The molecule has 6 nitrogen and oxygen atoms in total. The molecule has 2 heterocycles. The predicted molar refractivity (Wildman–Crippen MR) is 155 cm³/mol. The summed E-state index contributed by atoms with van der Waals surface area (Å²) in [4.78, 5) is 25.4. The smallest absolute Gasteiger partial charge is 0.207 e. The van der Waals surface area contributed by atoms with E-state index in [1.165, 1.54) is 44.0 Å². The summed E-state index contributed by atoms with van der Waals surface area (Å²) in [5.74, 6) is 0. The summed E-state index contributed by atoms with van der Waals surface area (Å²) in [5.41, 5.74) is 7.93. The summed E-state index contributed by atoms with van der Waals surface area (Å²) in [6, 6.07) is 16.1. The number of nitrogens with two attached hydrogens (primary N) is 1. The van der Waals surface area contributed by atoms with Gasteiger partial charge in [0.25, 0.3) is 0 Å². The van der Waals surface area contributed by atoms with Gasteiger partial charge in [0, 0.05) is 37.3 Å². The van der Waals surface area contributed by atoms with Crippen LogP contribution in [0.5, 0.6) is 0 Å². The fraction of sp³-hybridized carbons (Fsp3) is 0.517. The lowest BCUT2D eigenvalue weighted by Crippen LogP contribution is -2.37. The molecule has 2 fully saturated rings. The standard InChI is InChI=1S/C16H25N3O.C7H4Cl2O.C6H13N/c17-15-9-11-19(12-15)16(8-10-18-13-20)7-6-14-4-2-1-3-5-14;8-6-2-1-5(4-10)3-7(6)9;1-7-5-3-2-4-6-7/h1-5,13,15-16H,6-12,17H2,(H,18,20);1-4H;2-6H2,1H3. The highest BCUT2D eigenvalue weighted by Gasteiger charge is 2.25. The van der Waals surface area contributed by atoms with E-state index >= 15 is 0 Å². The molecule has 0 bridgehead atoms. The van der Waals surface area contributed by atoms with Crippen LogP contribution in [0.1, 0.15) is 54.4 Å². The summed E-state index contributed by atoms with van der Waals surface area (Å²) >= 11 is 11.2. The molecule has 2 aliphatic heterocycles. The quantitative estimate of drug-likeness (QED) is 0.338. The first-order valence-corrected chi connectivity index (χ1v) is 14.0. The molecule has 0 saturated carbocycles. The van der Waals surface area contributed by atoms with Gasteiger partial charge in [0.1, 0.15) is 6.29 Å². The van der Waals surface area contributed by atoms with Gasteiger partial charge in [-0.05, 0) is 76.4 Å². The zero-order valence-corrected chi connectivity index (χ0v) is 23.5. The minimum absolute atomic E-state index is 0.313. The fourth-order valence-corrected chi connectivity index (χ4v) is 4.89. The number of hydrogen-bond acceptors (Lipinski definition) is 5. The molecule has 2 saturated heterocycles. The molecule has 0 aromatic heterocycles. The molecule has 0 radical (unpaired) electrons. The molecule has 3 N–H and O–H groups in total. The number of rotatable bonds is 9. The van der Waals surface area contributed by atoms with Crippen molar-refractivity contribution in [3.63, 3.8) is 0 Å². The van der Waals surface area contributed by atoms with Crippen molar-refractivity contribution in [2.45, 2.75) is 57.0 Å². The number of nitrogens with zero attached hydrogens (tertiary/aromatic N) is 2. The second kappa shape index (κ2) is 18.3. The van der Waals surface area contributed by atoms with Crippen LogP contribution in [-0.2, 0) is 11.2 Å². The van der Waals surface area contributed by atoms with Gasteiger partial charge in [0.2, 0.25) is 6.41 Å². The average Bonchev–Trinajstić information content (AvgIpc) is 3.35. The second-order valence-corrected chi connectivity index (χ2v) is 10.6. The van der Waals surface area contributed by atoms with Crippen LogP contribution in [0, 0.1) is 0 Å². The molecule has 1 amide bonds. The van der Waals surface area contributed by atoms with Crippen molar-refractivity contribution >= 4 is 35.9 Å². The van der Waals surface area contributed by atoms with Crippen LogP contribution in [-0.4, -0.2) is 74.4 Å². The molecule has 0 aliphatic carbocycles. The molecule has 2 aromatic rings. The van der Waals surface area contributed by atoms with E-state index in [0.717, 1.165) is 58.0 Å². The van der Waals surface area contributed by atoms with Gasteiger partial charge in [-0.2, -0.15) is 0 Å². The largest absolute Gasteiger partial charge is 0.359 e. The van der Waals surface area contributed by atoms with Crippen molar-refractivity contribution in [3.8, 4) is 0 Å². The number of carbonyl (C=O) groups is 2. The number of aldehydes is 1. The molecule has 204 valence electrons. The molecule has 0 spiro atoms. The topological polar surface area (TPSA) is 78.7 Å². The van der Waals surface area contributed by atoms with E-state index in [9.17, 15) is 9.59 Å². The van der Waals surface area contributed by atoms with Crippen LogP contribution in [0.3, 0.4) is 0 Å². The Morgan fingerprint density at radius 2 is 1.73 bits per heavy atom. The highest BCUT2D eigenvalue weighted by molar-refractivity contribution is 6.42. The van der Waals surface area contributed by atoms with Crippen LogP contribution < -0.4 is 11.1 Å². The van der Waals surface area contributed by atoms with Gasteiger partial charge >= 0.3 is 0 Å². The molecule has 2 aliphatic rings. The van der Waals surface area contributed by atoms with Gasteiger partial charge < -0.3 is 16.0 Å². The van der Waals surface area contributed by atoms with Crippen LogP contribution >= 0.6 is 23.2 Å². The molecule has 2 atom stereocenters. The number of carbonyl (C=O) groups excluding carboxylic acids is 2. The van der Waals surface area contributed by atoms with E-state index < -0.39 is 0 Å². The van der Waals surface area contributed by atoms with Crippen LogP contribution in [0.4, 0.5) is 0 Å². The lowest BCUT2D eigenvalue weighted by Gasteiger charge is -2.28. The number of hydrogen-bond donors (Lipinski definition) is 2. The third-order valence-electron chi connectivity index (χ3n) is 6.75. The number of likely N-dealkylation sites (tertiary alicyclic amines) is 2. The lowest BCUT2D eigenvalue weighted by atomic mass is 10.0. The number of halogens is 2. The van der Waals surface area contributed by atoms with E-state index in [-0.39, 0.29) is 0 Å². The first-order valence-electron chi connectivity index (χ1n) is 13.2. The number of benzene rings is 2. The summed E-state index contributed by atoms with van der Waals surface area (Å²) in [6.45, 7) is 5.46. The molecule has 37 heavy (non-hydrogen) atoms. The maximum Gasteiger partial charge on any atom is 0.207 e. The third-order valence-corrected chi connectivity index (χ3v) is 7.49. The normalized spacial score (nSPS) is 18.5. The minimum atomic E-state index is 0.313. The fourth-order valence-electron chi connectivity index (χ4n) is 4.58. The van der Waals surface area contributed by atoms with E-state index in [4.69, 9.17) is 28.9 Å². The molecule has 4 rings (SSSR count). The predicted octanol–water partition coefficient (Wildman–Crippen LogP) is 5.06. The number of aryl methyl sites for hydroxylation is 1. The van der Waals surface area contributed by atoms with Gasteiger partial charge in [0.05, 0.1) is 10.0 Å². The maximum atomic E-state index is 10.4. The molecular formula is C29H42Cl2N4O2. The Labute approximate surface area is 232 Å². The highest BCUT2D eigenvalue weighted by Crippen LogP contribution is 2.21. The molecular weight excluding hydrogens is 507 g/mol. The Balaban J connectivity index is 0.000000233. The zero-order valence-electron chi connectivity index (χ0n) is 22.0. The van der Waals surface area contributed by atoms with Crippen molar-refractivity contribution in [1.29, 1.82) is 0 Å². The van der Waals surface area contributed by atoms with Crippen molar-refractivity contribution in [1.82, 2.24) is 15.1 Å². The van der Waals surface area contributed by atoms with E-state index in [1.54, 1.807) is 12.1 Å². The Morgan fingerprint density at radius 3 is 2.27 bits per heavy atom. The minimum Gasteiger partial charge on any atom is -0.359 e. The summed E-state index contributed by atoms with van der Waals surface area (Å²) in [7, 11) is 2.19. The SMILES string of the molecule is CN1CCCCC1.NC1CCN(C(CCNC=O)CCc2ccccc2)C1.O=Cc1ccc(Cl)c(Cl)c1. The van der Waals surface area contributed by atoms with Crippen LogP contribution in [0.2, 0.25) is 10.0 Å². The second-order valence-electron chi connectivity index (χ2n) is 9.74. The van der Waals surface area contributed by atoms with Crippen LogP contribution in [0.15, 0.2) is 48.5 Å². The van der Waals surface area contributed by atoms with Gasteiger partial charge in [0.15, 0.2) is 0 Å². The Hall–Kier alpha value is -1.96. The van der Waals surface area contributed by atoms with E-state index in [0.29, 0.717) is 27.7 Å². The van der Waals surface area contributed by atoms with Crippen molar-refractivity contribution in [2.24, 2.45) is 5.73 Å². The van der Waals surface area contributed by atoms with Gasteiger partial charge in [-0.25, -0.2) is 0 Å². The molecule has 2 aromatic carbocycles. The van der Waals surface area contributed by atoms with Crippen molar-refractivity contribution in [3.05, 3.63) is 69.7 Å². The van der Waals surface area contributed by atoms with Crippen LogP contribution in [0.25, 0.3) is 0 Å². The third kappa shape index (κ3) is 12.9. The Bertz CT molecular complexity index is 910. The van der Waals surface area contributed by atoms with Gasteiger partial charge in [-0.15, -0.1) is 0 Å². The Morgan fingerprint density at radius 1 is 1.00 bits per heavy atom. The average molecular weight is 550 g/mol. The van der Waals surface area contributed by atoms with Crippen molar-refractivity contribution in [2.75, 3.05) is 39.8 Å². The van der Waals surface area contributed by atoms with Crippen molar-refractivity contribution < 1.29 is 9.59 Å². The van der Waals surface area contributed by atoms with Gasteiger partial charge in [-0.1, -0.05) is 66.0 Å². The zero-order chi connectivity index (χ0) is 26.9. The monoisotopic (exact) mass is 548 g/mol. The number of amides is 1.